The van der Waals surface area contributed by atoms with Crippen molar-refractivity contribution in [2.45, 2.75) is 77.8 Å². The van der Waals surface area contributed by atoms with Gasteiger partial charge in [-0.25, -0.2) is 0 Å². The molecule has 0 aliphatic carbocycles. The third-order valence-corrected chi connectivity index (χ3v) is 5.52. The summed E-state index contributed by atoms with van der Waals surface area (Å²) in [6.07, 6.45) is 13.3. The summed E-state index contributed by atoms with van der Waals surface area (Å²) in [5.41, 5.74) is 12.2. The van der Waals surface area contributed by atoms with Gasteiger partial charge in [-0.3, -0.25) is 15.6 Å². The van der Waals surface area contributed by atoms with Crippen LogP contribution in [0.4, 0.5) is 0 Å². The van der Waals surface area contributed by atoms with Gasteiger partial charge in [0.25, 0.3) is 0 Å². The Morgan fingerprint density at radius 2 is 1.44 bits per heavy atom. The summed E-state index contributed by atoms with van der Waals surface area (Å²) < 4.78 is 9.83. The SMILES string of the molecule is CC(=O)N=c1n(CCCCCCCCCC(=N)N)ccn1CCCOc1ccc(C(=N)N)cc1. The zero-order valence-electron chi connectivity index (χ0n) is 20.3. The Bertz CT molecular complexity index is 989. The summed E-state index contributed by atoms with van der Waals surface area (Å²) in [6.45, 7) is 3.54. The molecule has 6 N–H and O–H groups in total. The first-order valence-electron chi connectivity index (χ1n) is 12.1. The van der Waals surface area contributed by atoms with Crippen LogP contribution in [0.1, 0.15) is 70.3 Å². The standard InChI is InChI=1S/C25H39N7O2/c1-20(33)30-25-31(15-8-6-4-2-3-5-7-10-23(26)27)17-18-32(25)16-9-19-34-22-13-11-21(12-14-22)24(28)29/h11-14,17-18H,2-10,15-16,19H2,1H3,(H3,26,27)(H3,28,29). The predicted octanol–water partition coefficient (Wildman–Crippen LogP) is 3.55. The number of aromatic nitrogens is 2. The van der Waals surface area contributed by atoms with Gasteiger partial charge in [-0.15, -0.1) is 0 Å². The topological polar surface area (TPSA) is 148 Å². The highest BCUT2D eigenvalue weighted by molar-refractivity contribution is 5.94. The molecule has 2 rings (SSSR count). The summed E-state index contributed by atoms with van der Waals surface area (Å²) in [5, 5.41) is 14.7. The van der Waals surface area contributed by atoms with E-state index in [0.29, 0.717) is 30.8 Å². The van der Waals surface area contributed by atoms with Crippen molar-refractivity contribution in [3.05, 3.63) is 47.8 Å². The third-order valence-electron chi connectivity index (χ3n) is 5.52. The first kappa shape index (κ1) is 26.9. The van der Waals surface area contributed by atoms with Crippen molar-refractivity contribution in [2.24, 2.45) is 16.5 Å². The molecule has 34 heavy (non-hydrogen) atoms. The van der Waals surface area contributed by atoms with Gasteiger partial charge in [0, 0.05) is 44.4 Å². The maximum absolute atomic E-state index is 11.7. The van der Waals surface area contributed by atoms with Gasteiger partial charge in [0.15, 0.2) is 0 Å². The van der Waals surface area contributed by atoms with Gasteiger partial charge in [0.05, 0.1) is 12.4 Å². The second-order valence-electron chi connectivity index (χ2n) is 8.51. The lowest BCUT2D eigenvalue weighted by Gasteiger charge is -2.08. The van der Waals surface area contributed by atoms with Crippen LogP contribution < -0.4 is 21.8 Å². The van der Waals surface area contributed by atoms with Crippen LogP contribution in [-0.2, 0) is 17.9 Å². The fraction of sp³-hybridized carbons (Fsp3) is 0.520. The quantitative estimate of drug-likeness (QED) is 0.169. The number of ether oxygens (including phenoxy) is 1. The van der Waals surface area contributed by atoms with E-state index in [1.807, 2.05) is 29.1 Å². The molecule has 0 saturated heterocycles. The maximum Gasteiger partial charge on any atom is 0.245 e. The first-order chi connectivity index (χ1) is 16.4. The fourth-order valence-corrected chi connectivity index (χ4v) is 3.71. The van der Waals surface area contributed by atoms with E-state index in [2.05, 4.69) is 9.56 Å². The maximum atomic E-state index is 11.7. The van der Waals surface area contributed by atoms with Gasteiger partial charge in [-0.05, 0) is 43.5 Å². The molecule has 1 aromatic heterocycles. The van der Waals surface area contributed by atoms with Gasteiger partial charge < -0.3 is 25.3 Å². The Kier molecular flexibility index (Phi) is 11.6. The van der Waals surface area contributed by atoms with Crippen LogP contribution in [0.3, 0.4) is 0 Å². The molecule has 186 valence electrons. The lowest BCUT2D eigenvalue weighted by Crippen LogP contribution is -2.27. The van der Waals surface area contributed by atoms with E-state index < -0.39 is 0 Å². The number of hydrogen-bond donors (Lipinski definition) is 4. The van der Waals surface area contributed by atoms with Gasteiger partial charge in [0.2, 0.25) is 11.5 Å². The summed E-state index contributed by atoms with van der Waals surface area (Å²) in [4.78, 5) is 15.9. The van der Waals surface area contributed by atoms with Gasteiger partial charge in [0.1, 0.15) is 11.6 Å². The second-order valence-corrected chi connectivity index (χ2v) is 8.51. The fourth-order valence-electron chi connectivity index (χ4n) is 3.71. The average molecular weight is 470 g/mol. The lowest BCUT2D eigenvalue weighted by molar-refractivity contribution is -0.116. The van der Waals surface area contributed by atoms with Crippen LogP contribution in [0.5, 0.6) is 5.75 Å². The zero-order valence-corrected chi connectivity index (χ0v) is 20.3. The molecule has 9 heteroatoms. The highest BCUT2D eigenvalue weighted by Gasteiger charge is 2.04. The number of amides is 1. The number of carbonyl (C=O) groups is 1. The van der Waals surface area contributed by atoms with E-state index in [1.54, 1.807) is 12.1 Å². The Morgan fingerprint density at radius 1 is 0.882 bits per heavy atom. The molecule has 1 heterocycles. The zero-order chi connectivity index (χ0) is 24.8. The Labute approximate surface area is 201 Å². The molecule has 2 aromatic rings. The normalized spacial score (nSPS) is 11.5. The highest BCUT2D eigenvalue weighted by atomic mass is 16.5. The number of benzene rings is 1. The van der Waals surface area contributed by atoms with Crippen molar-refractivity contribution >= 4 is 17.6 Å². The molecule has 0 bridgehead atoms. The molecule has 0 fully saturated rings. The average Bonchev–Trinajstić information content (AvgIpc) is 3.16. The Hall–Kier alpha value is -3.36. The highest BCUT2D eigenvalue weighted by Crippen LogP contribution is 2.12. The Balaban J connectivity index is 1.75. The smallest absolute Gasteiger partial charge is 0.245 e. The molecule has 0 spiro atoms. The van der Waals surface area contributed by atoms with E-state index in [1.165, 1.54) is 26.2 Å². The van der Waals surface area contributed by atoms with Crippen LogP contribution in [-0.4, -0.2) is 33.3 Å². The third kappa shape index (κ3) is 10.1. The number of aryl methyl sites for hydroxylation is 2. The van der Waals surface area contributed by atoms with Crippen LogP contribution in [0, 0.1) is 10.8 Å². The summed E-state index contributed by atoms with van der Waals surface area (Å²) >= 11 is 0. The molecule has 0 aliphatic heterocycles. The molecular formula is C25H39N7O2. The minimum Gasteiger partial charge on any atom is -0.494 e. The molecule has 0 atom stereocenters. The van der Waals surface area contributed by atoms with Crippen LogP contribution in [0.2, 0.25) is 0 Å². The number of nitrogens with one attached hydrogen (secondary N) is 2. The number of nitrogens with zero attached hydrogens (tertiary/aromatic N) is 3. The number of nitrogens with two attached hydrogens (primary N) is 2. The van der Waals surface area contributed by atoms with Gasteiger partial charge >= 0.3 is 0 Å². The van der Waals surface area contributed by atoms with Crippen LogP contribution in [0.25, 0.3) is 0 Å². The number of hydrogen-bond acceptors (Lipinski definition) is 4. The summed E-state index contributed by atoms with van der Waals surface area (Å²) in [5.74, 6) is 0.847. The van der Waals surface area contributed by atoms with Crippen molar-refractivity contribution in [3.63, 3.8) is 0 Å². The van der Waals surface area contributed by atoms with Crippen molar-refractivity contribution in [2.75, 3.05) is 6.61 Å². The number of rotatable bonds is 16. The van der Waals surface area contributed by atoms with Crippen LogP contribution >= 0.6 is 0 Å². The predicted molar refractivity (Wildman–Crippen MR) is 135 cm³/mol. The lowest BCUT2D eigenvalue weighted by atomic mass is 10.1. The number of carbonyl (C=O) groups excluding carboxylic acids is 1. The van der Waals surface area contributed by atoms with E-state index in [-0.39, 0.29) is 17.6 Å². The Morgan fingerprint density at radius 3 is 2.00 bits per heavy atom. The van der Waals surface area contributed by atoms with Gasteiger partial charge in [-0.2, -0.15) is 4.99 Å². The molecule has 0 saturated carbocycles. The summed E-state index contributed by atoms with van der Waals surface area (Å²) in [7, 11) is 0. The van der Waals surface area contributed by atoms with Gasteiger partial charge in [-0.1, -0.05) is 32.1 Å². The second kappa shape index (κ2) is 14.7. The first-order valence-corrected chi connectivity index (χ1v) is 12.1. The van der Waals surface area contributed by atoms with Crippen molar-refractivity contribution in [3.8, 4) is 5.75 Å². The number of unbranched alkanes of at least 4 members (excludes halogenated alkanes) is 6. The number of imidazole rings is 1. The molecule has 1 amide bonds. The molecule has 1 aromatic carbocycles. The number of nitrogen functional groups attached to an aromatic ring is 1. The summed E-state index contributed by atoms with van der Waals surface area (Å²) in [6, 6.07) is 7.15. The number of amidine groups is 2. The molecule has 0 unspecified atom stereocenters. The molecule has 9 nitrogen and oxygen atoms in total. The monoisotopic (exact) mass is 469 g/mol. The molecule has 0 aliphatic rings. The molecular weight excluding hydrogens is 430 g/mol. The van der Waals surface area contributed by atoms with E-state index in [4.69, 9.17) is 27.0 Å². The largest absolute Gasteiger partial charge is 0.494 e. The van der Waals surface area contributed by atoms with E-state index in [0.717, 1.165) is 44.4 Å². The van der Waals surface area contributed by atoms with E-state index >= 15 is 0 Å². The van der Waals surface area contributed by atoms with E-state index in [9.17, 15) is 4.79 Å². The molecule has 0 radical (unpaired) electrons. The van der Waals surface area contributed by atoms with Crippen molar-refractivity contribution in [1.82, 2.24) is 9.13 Å². The van der Waals surface area contributed by atoms with Crippen molar-refractivity contribution < 1.29 is 9.53 Å². The van der Waals surface area contributed by atoms with Crippen LogP contribution in [0.15, 0.2) is 41.7 Å². The minimum absolute atomic E-state index is 0.0374. The minimum atomic E-state index is -0.207. The van der Waals surface area contributed by atoms with Crippen molar-refractivity contribution in [1.29, 1.82) is 10.8 Å².